The molecule has 3 heterocycles. The van der Waals surface area contributed by atoms with Crippen LogP contribution in [-0.4, -0.2) is 29.9 Å². The fourth-order valence-electron chi connectivity index (χ4n) is 3.58. The van der Waals surface area contributed by atoms with E-state index < -0.39 is 12.0 Å². The zero-order chi connectivity index (χ0) is 22.3. The van der Waals surface area contributed by atoms with E-state index in [0.717, 1.165) is 39.3 Å². The predicted octanol–water partition coefficient (Wildman–Crippen LogP) is 5.23. The highest BCUT2D eigenvalue weighted by Gasteiger charge is 2.28. The summed E-state index contributed by atoms with van der Waals surface area (Å²) in [7, 11) is 0. The lowest BCUT2D eigenvalue weighted by Crippen LogP contribution is -2.35. The van der Waals surface area contributed by atoms with Crippen molar-refractivity contribution in [2.24, 2.45) is 0 Å². The molecule has 0 N–H and O–H groups in total. The summed E-state index contributed by atoms with van der Waals surface area (Å²) >= 11 is 1.50. The average Bonchev–Trinajstić information content (AvgIpc) is 3.31. The lowest BCUT2D eigenvalue weighted by Gasteiger charge is -2.33. The third kappa shape index (κ3) is 4.60. The van der Waals surface area contributed by atoms with Crippen LogP contribution in [-0.2, 0) is 14.3 Å². The number of aromatic nitrogens is 1. The molecule has 4 rings (SSSR count). The Kier molecular flexibility index (Phi) is 6.72. The van der Waals surface area contributed by atoms with E-state index in [0.29, 0.717) is 6.61 Å². The predicted molar refractivity (Wildman–Crippen MR) is 129 cm³/mol. The number of pyridine rings is 1. The minimum Gasteiger partial charge on any atom is -0.463 e. The maximum Gasteiger partial charge on any atom is 0.330 e. The molecule has 1 aromatic carbocycles. The van der Waals surface area contributed by atoms with Crippen LogP contribution in [0, 0.1) is 0 Å². The molecule has 1 unspecified atom stereocenters. The summed E-state index contributed by atoms with van der Waals surface area (Å²) in [6.45, 7) is 2.09. The van der Waals surface area contributed by atoms with Gasteiger partial charge in [0.25, 0.3) is 0 Å². The minimum atomic E-state index is -0.519. The van der Waals surface area contributed by atoms with E-state index in [1.165, 1.54) is 17.4 Å². The number of ether oxygens (including phenoxy) is 1. The first-order valence-electron chi connectivity index (χ1n) is 10.3. The lowest BCUT2D eigenvalue weighted by atomic mass is 9.92. The third-order valence-corrected chi connectivity index (χ3v) is 5.90. The fourth-order valence-corrected chi connectivity index (χ4v) is 4.39. The molecule has 0 spiro atoms. The molecule has 0 radical (unpaired) electrons. The van der Waals surface area contributed by atoms with Gasteiger partial charge in [0, 0.05) is 34.6 Å². The molecule has 0 saturated carbocycles. The van der Waals surface area contributed by atoms with Gasteiger partial charge in [0.1, 0.15) is 12.3 Å². The zero-order valence-corrected chi connectivity index (χ0v) is 18.4. The van der Waals surface area contributed by atoms with E-state index in [1.807, 2.05) is 77.2 Å². The van der Waals surface area contributed by atoms with Gasteiger partial charge in [-0.05, 0) is 65.9 Å². The second-order valence-electron chi connectivity index (χ2n) is 7.01. The summed E-state index contributed by atoms with van der Waals surface area (Å²) in [5.74, 6) is -0.392. The number of para-hydroxylation sites is 1. The number of nitrogens with zero attached hydrogens (tertiary/aromatic N) is 2. The van der Waals surface area contributed by atoms with E-state index in [-0.39, 0.29) is 0 Å². The first kappa shape index (κ1) is 21.5. The SMILES string of the molecule is CCOC(=O)C=Cc1sccc1C1=CC(c2ccccn2)=CN(c2ccccc2)C1C=O. The molecule has 0 aliphatic carbocycles. The Labute approximate surface area is 191 Å². The maximum absolute atomic E-state index is 12.3. The Bertz CT molecular complexity index is 1180. The van der Waals surface area contributed by atoms with Crippen LogP contribution in [0.2, 0.25) is 0 Å². The minimum absolute atomic E-state index is 0.323. The van der Waals surface area contributed by atoms with E-state index >= 15 is 0 Å². The first-order valence-corrected chi connectivity index (χ1v) is 11.2. The van der Waals surface area contributed by atoms with Gasteiger partial charge >= 0.3 is 5.97 Å². The van der Waals surface area contributed by atoms with Crippen LogP contribution in [0.5, 0.6) is 0 Å². The van der Waals surface area contributed by atoms with Crippen molar-refractivity contribution in [3.8, 4) is 0 Å². The molecular weight excluding hydrogens is 420 g/mol. The summed E-state index contributed by atoms with van der Waals surface area (Å²) in [4.78, 5) is 31.5. The van der Waals surface area contributed by atoms with Gasteiger partial charge in [0.2, 0.25) is 0 Å². The molecule has 0 bridgehead atoms. The van der Waals surface area contributed by atoms with E-state index in [1.54, 1.807) is 19.2 Å². The van der Waals surface area contributed by atoms with Gasteiger partial charge in [-0.1, -0.05) is 24.3 Å². The summed E-state index contributed by atoms with van der Waals surface area (Å²) in [5.41, 5.74) is 4.36. The van der Waals surface area contributed by atoms with Gasteiger partial charge in [-0.15, -0.1) is 11.3 Å². The highest BCUT2D eigenvalue weighted by molar-refractivity contribution is 7.11. The monoisotopic (exact) mass is 442 g/mol. The molecule has 1 aliphatic heterocycles. The van der Waals surface area contributed by atoms with Crippen LogP contribution in [0.3, 0.4) is 0 Å². The fraction of sp³-hybridized carbons (Fsp3) is 0.115. The standard InChI is InChI=1S/C26H22N2O3S/c1-2-31-26(30)12-11-25-21(13-15-32-25)22-16-19(23-10-6-7-14-27-23)17-28(24(22)18-29)20-8-4-3-5-9-20/h3-18,24H,2H2,1H3. The average molecular weight is 443 g/mol. The van der Waals surface area contributed by atoms with E-state index in [9.17, 15) is 9.59 Å². The van der Waals surface area contributed by atoms with Crippen molar-refractivity contribution in [2.45, 2.75) is 13.0 Å². The number of aldehydes is 1. The molecule has 1 atom stereocenters. The molecular formula is C26H22N2O3S. The number of allylic oxidation sites excluding steroid dienone is 2. The lowest BCUT2D eigenvalue weighted by molar-refractivity contribution is -0.137. The maximum atomic E-state index is 12.3. The molecule has 5 nitrogen and oxygen atoms in total. The number of hydrogen-bond acceptors (Lipinski definition) is 6. The molecule has 2 aromatic heterocycles. The van der Waals surface area contributed by atoms with Crippen molar-refractivity contribution in [2.75, 3.05) is 11.5 Å². The Morgan fingerprint density at radius 2 is 1.97 bits per heavy atom. The third-order valence-electron chi connectivity index (χ3n) is 5.01. The van der Waals surface area contributed by atoms with Crippen molar-refractivity contribution < 1.29 is 14.3 Å². The van der Waals surface area contributed by atoms with Gasteiger partial charge in [-0.25, -0.2) is 4.79 Å². The Morgan fingerprint density at radius 3 is 2.69 bits per heavy atom. The largest absolute Gasteiger partial charge is 0.463 e. The Hall–Kier alpha value is -3.77. The summed E-state index contributed by atoms with van der Waals surface area (Å²) in [6, 6.07) is 17.0. The quantitative estimate of drug-likeness (QED) is 0.285. The summed E-state index contributed by atoms with van der Waals surface area (Å²) in [5, 5.41) is 1.95. The smallest absolute Gasteiger partial charge is 0.330 e. The number of carbonyl (C=O) groups is 2. The van der Waals surface area contributed by atoms with Crippen molar-refractivity contribution >= 4 is 46.5 Å². The van der Waals surface area contributed by atoms with Crippen LogP contribution >= 0.6 is 11.3 Å². The molecule has 0 fully saturated rings. The molecule has 1 aliphatic rings. The first-order chi connectivity index (χ1) is 15.7. The highest BCUT2D eigenvalue weighted by Crippen LogP contribution is 2.37. The van der Waals surface area contributed by atoms with E-state index in [4.69, 9.17) is 4.74 Å². The van der Waals surface area contributed by atoms with Crippen LogP contribution in [0.25, 0.3) is 17.2 Å². The molecule has 0 saturated heterocycles. The van der Waals surface area contributed by atoms with Crippen molar-refractivity contribution in [3.63, 3.8) is 0 Å². The number of carbonyl (C=O) groups excluding carboxylic acids is 2. The van der Waals surface area contributed by atoms with Gasteiger partial charge in [0.05, 0.1) is 12.3 Å². The number of benzene rings is 1. The molecule has 3 aromatic rings. The van der Waals surface area contributed by atoms with Gasteiger partial charge in [-0.3, -0.25) is 4.98 Å². The highest BCUT2D eigenvalue weighted by atomic mass is 32.1. The number of hydrogen-bond donors (Lipinski definition) is 0. The van der Waals surface area contributed by atoms with Gasteiger partial charge in [0.15, 0.2) is 0 Å². The molecule has 32 heavy (non-hydrogen) atoms. The van der Waals surface area contributed by atoms with Crippen molar-refractivity contribution in [1.29, 1.82) is 0 Å². The number of esters is 1. The van der Waals surface area contributed by atoms with Gasteiger partial charge in [-0.2, -0.15) is 0 Å². The second kappa shape index (κ2) is 10.0. The van der Waals surface area contributed by atoms with Gasteiger partial charge < -0.3 is 14.4 Å². The van der Waals surface area contributed by atoms with Crippen LogP contribution in [0.4, 0.5) is 5.69 Å². The summed E-state index contributed by atoms with van der Waals surface area (Å²) < 4.78 is 5.00. The van der Waals surface area contributed by atoms with Crippen molar-refractivity contribution in [3.05, 3.63) is 101 Å². The Balaban J connectivity index is 1.81. The van der Waals surface area contributed by atoms with Crippen LogP contribution in [0.15, 0.2) is 84.5 Å². The number of thiophene rings is 1. The van der Waals surface area contributed by atoms with Crippen molar-refractivity contribution in [1.82, 2.24) is 4.98 Å². The second-order valence-corrected chi connectivity index (χ2v) is 7.95. The summed E-state index contributed by atoms with van der Waals surface area (Å²) in [6.07, 6.45) is 9.82. The molecule has 160 valence electrons. The Morgan fingerprint density at radius 1 is 1.16 bits per heavy atom. The number of anilines is 1. The zero-order valence-electron chi connectivity index (χ0n) is 17.5. The normalized spacial score (nSPS) is 15.9. The van der Waals surface area contributed by atoms with E-state index in [2.05, 4.69) is 4.98 Å². The number of rotatable bonds is 7. The van der Waals surface area contributed by atoms with Crippen LogP contribution < -0.4 is 4.90 Å². The molecule has 6 heteroatoms. The molecule has 0 amide bonds. The van der Waals surface area contributed by atoms with Crippen LogP contribution in [0.1, 0.15) is 23.1 Å². The topological polar surface area (TPSA) is 59.5 Å².